The van der Waals surface area contributed by atoms with Gasteiger partial charge in [-0.15, -0.1) is 0 Å². The standard InChI is InChI=1S/C22H23Cl2NO5/c1-13-4-5-14(18(26)6-15-16(23)7-25-8-17(15)24)20-19(13)27-9-22(10-28-20)11-29-21(2,3)30-12-22/h4-5,7-8H,6,9-12H2,1-3H3. The largest absolute Gasteiger partial charge is 0.488 e. The number of nitrogens with zero attached hydrogens (tertiary/aromatic N) is 1. The zero-order valence-corrected chi connectivity index (χ0v) is 18.6. The van der Waals surface area contributed by atoms with Crippen LogP contribution in [-0.2, 0) is 15.9 Å². The summed E-state index contributed by atoms with van der Waals surface area (Å²) in [5.41, 5.74) is 1.40. The Morgan fingerprint density at radius 1 is 1.00 bits per heavy atom. The molecule has 0 aliphatic carbocycles. The second-order valence-electron chi connectivity index (χ2n) is 8.32. The van der Waals surface area contributed by atoms with Crippen LogP contribution in [0, 0.1) is 12.3 Å². The van der Waals surface area contributed by atoms with E-state index in [-0.39, 0.29) is 12.2 Å². The molecule has 160 valence electrons. The van der Waals surface area contributed by atoms with E-state index in [4.69, 9.17) is 42.1 Å². The van der Waals surface area contributed by atoms with Crippen molar-refractivity contribution in [2.75, 3.05) is 26.4 Å². The molecule has 1 aromatic carbocycles. The highest BCUT2D eigenvalue weighted by Gasteiger charge is 2.44. The molecular weight excluding hydrogens is 429 g/mol. The molecule has 3 heterocycles. The molecule has 6 nitrogen and oxygen atoms in total. The molecule has 1 aromatic heterocycles. The van der Waals surface area contributed by atoms with Crippen LogP contribution in [0.5, 0.6) is 11.5 Å². The molecule has 8 heteroatoms. The minimum atomic E-state index is -0.634. The molecule has 1 saturated heterocycles. The zero-order chi connectivity index (χ0) is 21.5. The molecule has 2 aromatic rings. The van der Waals surface area contributed by atoms with Gasteiger partial charge in [-0.2, -0.15) is 0 Å². The van der Waals surface area contributed by atoms with Gasteiger partial charge in [0.05, 0.1) is 34.2 Å². The minimum Gasteiger partial charge on any atom is -0.488 e. The zero-order valence-electron chi connectivity index (χ0n) is 17.1. The number of carbonyl (C=O) groups is 1. The van der Waals surface area contributed by atoms with E-state index in [0.717, 1.165) is 5.56 Å². The Balaban J connectivity index is 1.61. The molecule has 2 aliphatic rings. The van der Waals surface area contributed by atoms with Gasteiger partial charge < -0.3 is 18.9 Å². The Kier molecular flexibility index (Phi) is 5.70. The third-order valence-corrected chi connectivity index (χ3v) is 6.05. The average Bonchev–Trinajstić information content (AvgIpc) is 2.89. The van der Waals surface area contributed by atoms with Crippen molar-refractivity contribution < 1.29 is 23.7 Å². The maximum Gasteiger partial charge on any atom is 0.172 e. The van der Waals surface area contributed by atoms with Gasteiger partial charge in [-0.3, -0.25) is 9.78 Å². The fourth-order valence-corrected chi connectivity index (χ4v) is 3.96. The Hall–Kier alpha value is -1.86. The van der Waals surface area contributed by atoms with Gasteiger partial charge in [0.25, 0.3) is 0 Å². The van der Waals surface area contributed by atoms with Crippen LogP contribution in [-0.4, -0.2) is 43.0 Å². The van der Waals surface area contributed by atoms with Gasteiger partial charge in [0.2, 0.25) is 0 Å². The lowest BCUT2D eigenvalue weighted by Crippen LogP contribution is -2.51. The van der Waals surface area contributed by atoms with Gasteiger partial charge in [0.15, 0.2) is 23.1 Å². The first-order valence-corrected chi connectivity index (χ1v) is 10.4. The number of halogens is 2. The Bertz CT molecular complexity index is 961. The van der Waals surface area contributed by atoms with E-state index < -0.39 is 11.2 Å². The van der Waals surface area contributed by atoms with Crippen LogP contribution < -0.4 is 9.47 Å². The highest BCUT2D eigenvalue weighted by atomic mass is 35.5. The molecule has 0 amide bonds. The van der Waals surface area contributed by atoms with Gasteiger partial charge in [0, 0.05) is 24.4 Å². The predicted octanol–water partition coefficient (Wildman–Crippen LogP) is 4.66. The van der Waals surface area contributed by atoms with Gasteiger partial charge in [-0.25, -0.2) is 0 Å². The topological polar surface area (TPSA) is 66.9 Å². The summed E-state index contributed by atoms with van der Waals surface area (Å²) in [6.07, 6.45) is 2.98. The summed E-state index contributed by atoms with van der Waals surface area (Å²) in [7, 11) is 0. The van der Waals surface area contributed by atoms with E-state index >= 15 is 0 Å². The highest BCUT2D eigenvalue weighted by Crippen LogP contribution is 2.42. The third kappa shape index (κ3) is 4.14. The molecule has 2 aliphatic heterocycles. The van der Waals surface area contributed by atoms with Crippen LogP contribution in [0.3, 0.4) is 0 Å². The maximum absolute atomic E-state index is 13.1. The van der Waals surface area contributed by atoms with Crippen LogP contribution in [0.2, 0.25) is 10.0 Å². The van der Waals surface area contributed by atoms with Crippen LogP contribution in [0.1, 0.15) is 35.3 Å². The smallest absolute Gasteiger partial charge is 0.172 e. The van der Waals surface area contributed by atoms with Gasteiger partial charge >= 0.3 is 0 Å². The van der Waals surface area contributed by atoms with Crippen molar-refractivity contribution in [2.24, 2.45) is 5.41 Å². The number of hydrogen-bond acceptors (Lipinski definition) is 6. The molecule has 0 N–H and O–H groups in total. The fraction of sp³-hybridized carbons (Fsp3) is 0.455. The van der Waals surface area contributed by atoms with Gasteiger partial charge in [-0.1, -0.05) is 29.3 Å². The van der Waals surface area contributed by atoms with Crippen molar-refractivity contribution in [3.05, 3.63) is 51.3 Å². The van der Waals surface area contributed by atoms with E-state index in [1.165, 1.54) is 12.4 Å². The molecule has 30 heavy (non-hydrogen) atoms. The highest BCUT2D eigenvalue weighted by molar-refractivity contribution is 6.36. The van der Waals surface area contributed by atoms with Crippen molar-refractivity contribution in [3.63, 3.8) is 0 Å². The van der Waals surface area contributed by atoms with Gasteiger partial charge in [0.1, 0.15) is 13.2 Å². The summed E-state index contributed by atoms with van der Waals surface area (Å²) in [6, 6.07) is 3.60. The lowest BCUT2D eigenvalue weighted by molar-refractivity contribution is -0.291. The van der Waals surface area contributed by atoms with Crippen LogP contribution in [0.25, 0.3) is 0 Å². The normalized spacial score (nSPS) is 19.4. The third-order valence-electron chi connectivity index (χ3n) is 5.40. The van der Waals surface area contributed by atoms with Crippen molar-refractivity contribution in [2.45, 2.75) is 33.0 Å². The molecule has 1 fully saturated rings. The number of rotatable bonds is 3. The average molecular weight is 452 g/mol. The lowest BCUT2D eigenvalue weighted by atomic mass is 9.91. The first-order chi connectivity index (χ1) is 14.2. The van der Waals surface area contributed by atoms with E-state index in [1.54, 1.807) is 6.07 Å². The van der Waals surface area contributed by atoms with E-state index in [1.807, 2.05) is 26.8 Å². The van der Waals surface area contributed by atoms with Crippen LogP contribution in [0.4, 0.5) is 0 Å². The Morgan fingerprint density at radius 3 is 2.23 bits per heavy atom. The van der Waals surface area contributed by atoms with Gasteiger partial charge in [-0.05, 0) is 32.4 Å². The number of carbonyl (C=O) groups excluding carboxylic acids is 1. The second kappa shape index (κ2) is 8.00. The Labute approximate surface area is 185 Å². The van der Waals surface area contributed by atoms with Crippen molar-refractivity contribution in [3.8, 4) is 11.5 Å². The summed E-state index contributed by atoms with van der Waals surface area (Å²) < 4.78 is 24.0. The second-order valence-corrected chi connectivity index (χ2v) is 9.14. The number of hydrogen-bond donors (Lipinski definition) is 0. The summed E-state index contributed by atoms with van der Waals surface area (Å²) in [6.45, 7) is 7.25. The van der Waals surface area contributed by atoms with E-state index in [2.05, 4.69) is 4.98 Å². The molecular formula is C22H23Cl2NO5. The number of pyridine rings is 1. The first-order valence-electron chi connectivity index (χ1n) is 9.68. The lowest BCUT2D eigenvalue weighted by Gasteiger charge is -2.41. The molecule has 4 rings (SSSR count). The number of ether oxygens (including phenoxy) is 4. The molecule has 0 unspecified atom stereocenters. The number of ketones is 1. The molecule has 0 saturated carbocycles. The predicted molar refractivity (Wildman–Crippen MR) is 113 cm³/mol. The SMILES string of the molecule is Cc1ccc(C(=O)Cc2c(Cl)cncc2Cl)c2c1OCC1(CO2)COC(C)(C)OC1. The number of Topliss-reactive ketones (excluding diaryl/α,β-unsaturated/α-hetero) is 1. The van der Waals surface area contributed by atoms with E-state index in [0.29, 0.717) is 59.1 Å². The number of aryl methyl sites for hydroxylation is 1. The number of aromatic nitrogens is 1. The summed E-state index contributed by atoms with van der Waals surface area (Å²) in [5, 5.41) is 0.702. The molecule has 1 spiro atoms. The Morgan fingerprint density at radius 2 is 1.60 bits per heavy atom. The minimum absolute atomic E-state index is 0.0323. The first kappa shape index (κ1) is 21.4. The summed E-state index contributed by atoms with van der Waals surface area (Å²) >= 11 is 12.4. The summed E-state index contributed by atoms with van der Waals surface area (Å²) in [5.74, 6) is 0.195. The quantitative estimate of drug-likeness (QED) is 0.631. The van der Waals surface area contributed by atoms with Crippen molar-refractivity contribution >= 4 is 29.0 Å². The summed E-state index contributed by atoms with van der Waals surface area (Å²) in [4.78, 5) is 17.1. The van der Waals surface area contributed by atoms with Crippen molar-refractivity contribution in [1.29, 1.82) is 0 Å². The number of fused-ring (bicyclic) bond motifs is 1. The van der Waals surface area contributed by atoms with E-state index in [9.17, 15) is 4.79 Å². The number of benzene rings is 1. The van der Waals surface area contributed by atoms with Crippen LogP contribution in [0.15, 0.2) is 24.5 Å². The molecule has 0 bridgehead atoms. The monoisotopic (exact) mass is 451 g/mol. The van der Waals surface area contributed by atoms with Crippen LogP contribution >= 0.6 is 23.2 Å². The fourth-order valence-electron chi connectivity index (χ4n) is 3.46. The van der Waals surface area contributed by atoms with Crippen molar-refractivity contribution in [1.82, 2.24) is 4.98 Å². The molecule has 0 atom stereocenters. The molecule has 0 radical (unpaired) electrons. The maximum atomic E-state index is 13.1.